The van der Waals surface area contributed by atoms with E-state index in [0.717, 1.165) is 31.2 Å². The summed E-state index contributed by atoms with van der Waals surface area (Å²) in [6.07, 6.45) is 3.88. The van der Waals surface area contributed by atoms with Gasteiger partial charge >= 0.3 is 12.0 Å². The normalized spacial score (nSPS) is 12.0. The highest BCUT2D eigenvalue weighted by Crippen LogP contribution is 2.26. The second kappa shape index (κ2) is 13.6. The van der Waals surface area contributed by atoms with Crippen LogP contribution in [0.1, 0.15) is 50.6 Å². The molecule has 0 spiro atoms. The quantitative estimate of drug-likeness (QED) is 0.219. The number of carboxylic acids is 1. The Morgan fingerprint density at radius 1 is 0.865 bits per heavy atom. The second-order valence-electron chi connectivity index (χ2n) is 8.73. The van der Waals surface area contributed by atoms with Crippen molar-refractivity contribution in [2.75, 3.05) is 11.9 Å². The van der Waals surface area contributed by atoms with Gasteiger partial charge in [-0.3, -0.25) is 4.79 Å². The molecule has 0 saturated heterocycles. The summed E-state index contributed by atoms with van der Waals surface area (Å²) in [4.78, 5) is 23.6. The maximum Gasteiger partial charge on any atom is 0.319 e. The van der Waals surface area contributed by atoms with E-state index in [1.54, 1.807) is 60.7 Å². The van der Waals surface area contributed by atoms with Gasteiger partial charge in [-0.15, -0.1) is 0 Å². The van der Waals surface area contributed by atoms with Crippen LogP contribution >= 0.6 is 0 Å². The van der Waals surface area contributed by atoms with Crippen molar-refractivity contribution in [1.29, 1.82) is 0 Å². The van der Waals surface area contributed by atoms with Crippen molar-refractivity contribution >= 4 is 27.7 Å². The Hall–Kier alpha value is -3.69. The molecular formula is C28H33N3O5S. The molecular weight excluding hydrogens is 490 g/mol. The first-order valence-corrected chi connectivity index (χ1v) is 13.8. The van der Waals surface area contributed by atoms with Gasteiger partial charge < -0.3 is 15.7 Å². The van der Waals surface area contributed by atoms with E-state index in [1.165, 1.54) is 12.1 Å². The van der Waals surface area contributed by atoms with Crippen LogP contribution in [0.25, 0.3) is 11.1 Å². The molecule has 0 bridgehead atoms. The van der Waals surface area contributed by atoms with Crippen molar-refractivity contribution in [3.05, 3.63) is 84.4 Å². The topological polar surface area (TPSA) is 125 Å². The van der Waals surface area contributed by atoms with Gasteiger partial charge in [-0.05, 0) is 47.4 Å². The minimum atomic E-state index is -4.02. The molecule has 37 heavy (non-hydrogen) atoms. The molecule has 196 valence electrons. The predicted octanol–water partition coefficient (Wildman–Crippen LogP) is 5.55. The third-order valence-corrected chi connectivity index (χ3v) is 7.26. The molecule has 1 atom stereocenters. The number of aliphatic carboxylic acids is 1. The van der Waals surface area contributed by atoms with Crippen molar-refractivity contribution in [3.63, 3.8) is 0 Å². The first-order chi connectivity index (χ1) is 17.8. The van der Waals surface area contributed by atoms with Gasteiger partial charge in [0, 0.05) is 12.2 Å². The van der Waals surface area contributed by atoms with E-state index in [0.29, 0.717) is 23.4 Å². The summed E-state index contributed by atoms with van der Waals surface area (Å²) in [5.74, 6) is -1.11. The number of carbonyl (C=O) groups excluding carboxylic acids is 1. The summed E-state index contributed by atoms with van der Waals surface area (Å²) in [5.41, 5.74) is 2.51. The molecule has 4 N–H and O–H groups in total. The largest absolute Gasteiger partial charge is 0.481 e. The number of benzene rings is 3. The third kappa shape index (κ3) is 8.73. The summed E-state index contributed by atoms with van der Waals surface area (Å²) in [7, 11) is -4.02. The van der Waals surface area contributed by atoms with Crippen LogP contribution in [0.3, 0.4) is 0 Å². The molecule has 9 heteroatoms. The van der Waals surface area contributed by atoms with E-state index in [2.05, 4.69) is 22.3 Å². The minimum absolute atomic E-state index is 0.0134. The van der Waals surface area contributed by atoms with Crippen LogP contribution in [0.15, 0.2) is 83.8 Å². The molecule has 8 nitrogen and oxygen atoms in total. The van der Waals surface area contributed by atoms with Gasteiger partial charge in [-0.25, -0.2) is 17.9 Å². The highest BCUT2D eigenvalue weighted by Gasteiger charge is 2.24. The van der Waals surface area contributed by atoms with E-state index in [1.807, 2.05) is 6.07 Å². The molecule has 0 saturated carbocycles. The van der Waals surface area contributed by atoms with Gasteiger partial charge in [0.2, 0.25) is 10.0 Å². The van der Waals surface area contributed by atoms with E-state index < -0.39 is 28.5 Å². The standard InChI is InChI=1S/C28H33N3O5S/c1-2-3-4-8-17-29-28(34)30-24-15-9-13-22(18-24)23-14-10-16-25(19-23)37(35,36)31-26(20-27(32)33)21-11-6-5-7-12-21/h5-7,9-16,18-19,26,31H,2-4,8,17,20H2,1H3,(H,32,33)(H2,29,30,34)/t26-/m1/s1. The number of unbranched alkanes of at least 4 members (excludes halogenated alkanes) is 3. The Morgan fingerprint density at radius 2 is 1.57 bits per heavy atom. The number of carboxylic acid groups (broad SMARTS) is 1. The van der Waals surface area contributed by atoms with Crippen LogP contribution in [-0.4, -0.2) is 32.1 Å². The lowest BCUT2D eigenvalue weighted by Crippen LogP contribution is -2.30. The zero-order chi connectivity index (χ0) is 26.7. The lowest BCUT2D eigenvalue weighted by molar-refractivity contribution is -0.137. The van der Waals surface area contributed by atoms with Crippen LogP contribution in [0.4, 0.5) is 10.5 Å². The van der Waals surface area contributed by atoms with Gasteiger partial charge in [-0.1, -0.05) is 80.8 Å². The Morgan fingerprint density at radius 3 is 2.27 bits per heavy atom. The summed E-state index contributed by atoms with van der Waals surface area (Å²) in [6.45, 7) is 2.74. The summed E-state index contributed by atoms with van der Waals surface area (Å²) in [6, 6.07) is 20.9. The molecule has 0 heterocycles. The number of anilines is 1. The number of hydrogen-bond acceptors (Lipinski definition) is 4. The maximum absolute atomic E-state index is 13.2. The fraction of sp³-hybridized carbons (Fsp3) is 0.286. The van der Waals surface area contributed by atoms with E-state index in [4.69, 9.17) is 0 Å². The van der Waals surface area contributed by atoms with E-state index in [-0.39, 0.29) is 10.9 Å². The van der Waals surface area contributed by atoms with Crippen molar-refractivity contribution in [1.82, 2.24) is 10.0 Å². The number of rotatable bonds is 13. The molecule has 0 aliphatic rings. The number of amides is 2. The van der Waals surface area contributed by atoms with Gasteiger partial charge in [0.25, 0.3) is 0 Å². The molecule has 0 aliphatic heterocycles. The van der Waals surface area contributed by atoms with Crippen molar-refractivity contribution in [2.45, 2.75) is 50.0 Å². The highest BCUT2D eigenvalue weighted by atomic mass is 32.2. The van der Waals surface area contributed by atoms with Crippen LogP contribution in [0.2, 0.25) is 0 Å². The van der Waals surface area contributed by atoms with Gasteiger partial charge in [-0.2, -0.15) is 0 Å². The lowest BCUT2D eigenvalue weighted by atomic mass is 10.1. The summed E-state index contributed by atoms with van der Waals surface area (Å²) >= 11 is 0. The van der Waals surface area contributed by atoms with Gasteiger partial charge in [0.1, 0.15) is 0 Å². The number of carbonyl (C=O) groups is 2. The highest BCUT2D eigenvalue weighted by molar-refractivity contribution is 7.89. The fourth-order valence-corrected chi connectivity index (χ4v) is 5.16. The molecule has 0 aliphatic carbocycles. The first kappa shape index (κ1) is 27.9. The number of nitrogens with one attached hydrogen (secondary N) is 3. The van der Waals surface area contributed by atoms with E-state index >= 15 is 0 Å². The summed E-state index contributed by atoms with van der Waals surface area (Å²) in [5, 5.41) is 15.0. The zero-order valence-corrected chi connectivity index (χ0v) is 21.6. The third-order valence-electron chi connectivity index (χ3n) is 5.79. The molecule has 2 amide bonds. The van der Waals surface area contributed by atoms with Crippen molar-refractivity contribution < 1.29 is 23.1 Å². The van der Waals surface area contributed by atoms with E-state index in [9.17, 15) is 23.1 Å². The Kier molecular flexibility index (Phi) is 10.2. The first-order valence-electron chi connectivity index (χ1n) is 12.3. The molecule has 3 aromatic rings. The Balaban J connectivity index is 1.74. The number of hydrogen-bond donors (Lipinski definition) is 4. The molecule has 3 aromatic carbocycles. The molecule has 0 fully saturated rings. The monoisotopic (exact) mass is 523 g/mol. The number of urea groups is 1. The lowest BCUT2D eigenvalue weighted by Gasteiger charge is -2.18. The second-order valence-corrected chi connectivity index (χ2v) is 10.4. The smallest absolute Gasteiger partial charge is 0.319 e. The number of sulfonamides is 1. The molecule has 3 rings (SSSR count). The van der Waals surface area contributed by atoms with Gasteiger partial charge in [0.15, 0.2) is 0 Å². The predicted molar refractivity (Wildman–Crippen MR) is 145 cm³/mol. The minimum Gasteiger partial charge on any atom is -0.481 e. The SMILES string of the molecule is CCCCCCNC(=O)Nc1cccc(-c2cccc(S(=O)(=O)N[C@H](CC(=O)O)c3ccccc3)c2)c1. The van der Waals surface area contributed by atoms with Crippen molar-refractivity contribution in [3.8, 4) is 11.1 Å². The summed E-state index contributed by atoms with van der Waals surface area (Å²) < 4.78 is 28.9. The zero-order valence-electron chi connectivity index (χ0n) is 20.8. The Labute approximate surface area is 218 Å². The van der Waals surface area contributed by atoms with Crippen LogP contribution in [0, 0.1) is 0 Å². The average molecular weight is 524 g/mol. The average Bonchev–Trinajstić information content (AvgIpc) is 2.88. The van der Waals surface area contributed by atoms with Crippen LogP contribution < -0.4 is 15.4 Å². The van der Waals surface area contributed by atoms with Crippen LogP contribution in [-0.2, 0) is 14.8 Å². The van der Waals surface area contributed by atoms with Gasteiger partial charge in [0.05, 0.1) is 17.4 Å². The van der Waals surface area contributed by atoms with Crippen molar-refractivity contribution in [2.24, 2.45) is 0 Å². The fourth-order valence-electron chi connectivity index (χ4n) is 3.89. The molecule has 0 aromatic heterocycles. The molecule has 0 radical (unpaired) electrons. The molecule has 0 unspecified atom stereocenters. The Bertz CT molecular complexity index is 1300. The maximum atomic E-state index is 13.2. The van der Waals surface area contributed by atoms with Crippen LogP contribution in [0.5, 0.6) is 0 Å².